The number of hydrogen-bond donors (Lipinski definition) is 0. The molecule has 0 aromatic rings. The van der Waals surface area contributed by atoms with E-state index >= 15 is 0 Å². The number of rotatable bonds is 36. The van der Waals surface area contributed by atoms with E-state index in [0.717, 1.165) is 77.0 Å². The standard InChI is InChI=1S/C42H76O6/c1-4-7-10-13-16-17-18-19-20-21-22-23-24-27-29-32-35-41(44)47-38-39(48-42(45)36-33-30-26-15-12-9-6-3)37-46-40(43)34-31-28-25-14-11-8-5-2/h17-18,20-21,39H,4-16,19,22-38H2,1-3H3/b18-17-,21-20-. The molecule has 0 aromatic carbocycles. The summed E-state index contributed by atoms with van der Waals surface area (Å²) in [7, 11) is 0. The highest BCUT2D eigenvalue weighted by Crippen LogP contribution is 2.13. The van der Waals surface area contributed by atoms with Crippen molar-refractivity contribution in [3.8, 4) is 0 Å². The van der Waals surface area contributed by atoms with E-state index in [1.165, 1.54) is 89.9 Å². The number of esters is 3. The van der Waals surface area contributed by atoms with Gasteiger partial charge in [0.15, 0.2) is 6.10 Å². The largest absolute Gasteiger partial charge is 0.462 e. The molecule has 0 radical (unpaired) electrons. The summed E-state index contributed by atoms with van der Waals surface area (Å²) in [6.07, 6.45) is 38.9. The van der Waals surface area contributed by atoms with Crippen LogP contribution in [0.25, 0.3) is 0 Å². The Morgan fingerprint density at radius 1 is 0.417 bits per heavy atom. The van der Waals surface area contributed by atoms with Crippen LogP contribution in [0.5, 0.6) is 0 Å². The highest BCUT2D eigenvalue weighted by Gasteiger charge is 2.19. The van der Waals surface area contributed by atoms with E-state index in [4.69, 9.17) is 14.2 Å². The van der Waals surface area contributed by atoms with Gasteiger partial charge in [-0.15, -0.1) is 0 Å². The van der Waals surface area contributed by atoms with Gasteiger partial charge in [0.2, 0.25) is 0 Å². The number of allylic oxidation sites excluding steroid dienone is 4. The summed E-state index contributed by atoms with van der Waals surface area (Å²) < 4.78 is 16.5. The summed E-state index contributed by atoms with van der Waals surface area (Å²) in [4.78, 5) is 37.3. The summed E-state index contributed by atoms with van der Waals surface area (Å²) in [6.45, 7) is 6.50. The Morgan fingerprint density at radius 2 is 0.750 bits per heavy atom. The van der Waals surface area contributed by atoms with Gasteiger partial charge in [0.1, 0.15) is 13.2 Å². The van der Waals surface area contributed by atoms with E-state index in [9.17, 15) is 14.4 Å². The van der Waals surface area contributed by atoms with Crippen molar-refractivity contribution in [1.82, 2.24) is 0 Å². The molecule has 0 saturated carbocycles. The minimum Gasteiger partial charge on any atom is -0.462 e. The molecule has 0 heterocycles. The van der Waals surface area contributed by atoms with Crippen molar-refractivity contribution in [1.29, 1.82) is 0 Å². The van der Waals surface area contributed by atoms with Gasteiger partial charge in [0, 0.05) is 19.3 Å². The molecular weight excluding hydrogens is 600 g/mol. The quantitative estimate of drug-likeness (QED) is 0.0284. The molecule has 0 saturated heterocycles. The fourth-order valence-corrected chi connectivity index (χ4v) is 5.59. The molecule has 0 fully saturated rings. The lowest BCUT2D eigenvalue weighted by atomic mass is 10.1. The molecular formula is C42H76O6. The second-order valence-corrected chi connectivity index (χ2v) is 13.6. The van der Waals surface area contributed by atoms with Crippen LogP contribution in [0.15, 0.2) is 24.3 Å². The van der Waals surface area contributed by atoms with Crippen LogP contribution in [0.3, 0.4) is 0 Å². The van der Waals surface area contributed by atoms with E-state index in [2.05, 4.69) is 45.1 Å². The van der Waals surface area contributed by atoms with Crippen molar-refractivity contribution in [2.75, 3.05) is 13.2 Å². The highest BCUT2D eigenvalue weighted by molar-refractivity contribution is 5.71. The van der Waals surface area contributed by atoms with Gasteiger partial charge in [-0.05, 0) is 51.4 Å². The number of carbonyl (C=O) groups is 3. The van der Waals surface area contributed by atoms with E-state index in [1.807, 2.05) is 0 Å². The molecule has 0 aromatic heterocycles. The Bertz CT molecular complexity index is 789. The van der Waals surface area contributed by atoms with E-state index < -0.39 is 6.10 Å². The molecule has 48 heavy (non-hydrogen) atoms. The van der Waals surface area contributed by atoms with Crippen molar-refractivity contribution in [2.24, 2.45) is 0 Å². The van der Waals surface area contributed by atoms with Gasteiger partial charge < -0.3 is 14.2 Å². The maximum atomic E-state index is 12.5. The lowest BCUT2D eigenvalue weighted by Gasteiger charge is -2.18. The van der Waals surface area contributed by atoms with Gasteiger partial charge in [-0.1, -0.05) is 161 Å². The molecule has 0 spiro atoms. The van der Waals surface area contributed by atoms with Gasteiger partial charge in [-0.25, -0.2) is 0 Å². The summed E-state index contributed by atoms with van der Waals surface area (Å²) in [5, 5.41) is 0. The fraction of sp³-hybridized carbons (Fsp3) is 0.833. The van der Waals surface area contributed by atoms with Crippen LogP contribution >= 0.6 is 0 Å². The van der Waals surface area contributed by atoms with E-state index in [0.29, 0.717) is 19.3 Å². The molecule has 0 rings (SSSR count). The Labute approximate surface area is 296 Å². The predicted octanol–water partition coefficient (Wildman–Crippen LogP) is 12.5. The van der Waals surface area contributed by atoms with Crippen LogP contribution in [-0.2, 0) is 28.6 Å². The lowest BCUT2D eigenvalue weighted by molar-refractivity contribution is -0.167. The lowest BCUT2D eigenvalue weighted by Crippen LogP contribution is -2.30. The predicted molar refractivity (Wildman–Crippen MR) is 201 cm³/mol. The molecule has 0 amide bonds. The SMILES string of the molecule is CCCCCC/C=C\C/C=C\CCCCCCCC(=O)OCC(COC(=O)CCCCCCCCC)OC(=O)CCCCCCCCC. The zero-order valence-electron chi connectivity index (χ0n) is 31.8. The summed E-state index contributed by atoms with van der Waals surface area (Å²) in [6, 6.07) is 0. The van der Waals surface area contributed by atoms with Gasteiger partial charge in [0.25, 0.3) is 0 Å². The van der Waals surface area contributed by atoms with Crippen LogP contribution in [-0.4, -0.2) is 37.2 Å². The smallest absolute Gasteiger partial charge is 0.306 e. The van der Waals surface area contributed by atoms with Crippen molar-refractivity contribution >= 4 is 17.9 Å². The first-order valence-corrected chi connectivity index (χ1v) is 20.3. The minimum atomic E-state index is -0.765. The first kappa shape index (κ1) is 45.9. The van der Waals surface area contributed by atoms with Crippen LogP contribution in [0.4, 0.5) is 0 Å². The van der Waals surface area contributed by atoms with Crippen LogP contribution < -0.4 is 0 Å². The number of unbranched alkanes of at least 4 members (excludes halogenated alkanes) is 21. The third-order valence-corrected chi connectivity index (χ3v) is 8.71. The van der Waals surface area contributed by atoms with Gasteiger partial charge in [-0.2, -0.15) is 0 Å². The molecule has 6 nitrogen and oxygen atoms in total. The molecule has 0 N–H and O–H groups in total. The molecule has 280 valence electrons. The average Bonchev–Trinajstić information content (AvgIpc) is 3.08. The maximum absolute atomic E-state index is 12.5. The monoisotopic (exact) mass is 677 g/mol. The van der Waals surface area contributed by atoms with Crippen molar-refractivity contribution in [3.63, 3.8) is 0 Å². The Balaban J connectivity index is 4.26. The number of carbonyl (C=O) groups excluding carboxylic acids is 3. The number of hydrogen-bond acceptors (Lipinski definition) is 6. The maximum Gasteiger partial charge on any atom is 0.306 e. The molecule has 0 aliphatic rings. The molecule has 0 aliphatic carbocycles. The first-order chi connectivity index (χ1) is 23.5. The van der Waals surface area contributed by atoms with Crippen LogP contribution in [0, 0.1) is 0 Å². The van der Waals surface area contributed by atoms with E-state index in [1.54, 1.807) is 0 Å². The molecule has 6 heteroatoms. The van der Waals surface area contributed by atoms with Gasteiger partial charge in [-0.3, -0.25) is 14.4 Å². The average molecular weight is 677 g/mol. The van der Waals surface area contributed by atoms with Crippen molar-refractivity contribution in [3.05, 3.63) is 24.3 Å². The topological polar surface area (TPSA) is 78.9 Å². The third-order valence-electron chi connectivity index (χ3n) is 8.71. The molecule has 1 unspecified atom stereocenters. The number of ether oxygens (including phenoxy) is 3. The minimum absolute atomic E-state index is 0.0743. The fourth-order valence-electron chi connectivity index (χ4n) is 5.59. The Hall–Kier alpha value is -2.11. The van der Waals surface area contributed by atoms with Crippen LogP contribution in [0.1, 0.15) is 207 Å². The highest BCUT2D eigenvalue weighted by atomic mass is 16.6. The van der Waals surface area contributed by atoms with Gasteiger partial charge >= 0.3 is 17.9 Å². The van der Waals surface area contributed by atoms with E-state index in [-0.39, 0.29) is 31.1 Å². The third kappa shape index (κ3) is 35.2. The summed E-state index contributed by atoms with van der Waals surface area (Å²) in [5.74, 6) is -0.903. The van der Waals surface area contributed by atoms with Crippen molar-refractivity contribution < 1.29 is 28.6 Å². The molecule has 0 bridgehead atoms. The first-order valence-electron chi connectivity index (χ1n) is 20.3. The second kappa shape index (κ2) is 37.7. The van der Waals surface area contributed by atoms with Crippen molar-refractivity contribution in [2.45, 2.75) is 213 Å². The normalized spacial score (nSPS) is 12.1. The molecule has 0 aliphatic heterocycles. The van der Waals surface area contributed by atoms with Crippen LogP contribution in [0.2, 0.25) is 0 Å². The Morgan fingerprint density at radius 3 is 1.17 bits per heavy atom. The zero-order valence-corrected chi connectivity index (χ0v) is 31.8. The zero-order chi connectivity index (χ0) is 35.2. The summed E-state index contributed by atoms with van der Waals surface area (Å²) >= 11 is 0. The Kier molecular flexibility index (Phi) is 36.0. The summed E-state index contributed by atoms with van der Waals surface area (Å²) in [5.41, 5.74) is 0. The van der Waals surface area contributed by atoms with Gasteiger partial charge in [0.05, 0.1) is 0 Å². The molecule has 1 atom stereocenters. The second-order valence-electron chi connectivity index (χ2n) is 13.6.